The van der Waals surface area contributed by atoms with Crippen LogP contribution in [-0.2, 0) is 11.2 Å². The van der Waals surface area contributed by atoms with E-state index in [1.165, 1.54) is 7.11 Å². The average molecular weight is 318 g/mol. The SMILES string of the molecule is COc1cc(CCC(=O)CCCC/C=C/CC(C)C)ccc1O. The van der Waals surface area contributed by atoms with Crippen LogP contribution in [-0.4, -0.2) is 18.0 Å². The molecule has 0 aliphatic rings. The van der Waals surface area contributed by atoms with Gasteiger partial charge in [0.25, 0.3) is 0 Å². The third-order valence-electron chi connectivity index (χ3n) is 3.79. The van der Waals surface area contributed by atoms with Crippen molar-refractivity contribution in [2.75, 3.05) is 7.11 Å². The monoisotopic (exact) mass is 318 g/mol. The van der Waals surface area contributed by atoms with Crippen LogP contribution in [0, 0.1) is 5.92 Å². The number of carbonyl (C=O) groups excluding carboxylic acids is 1. The highest BCUT2D eigenvalue weighted by atomic mass is 16.5. The topological polar surface area (TPSA) is 46.5 Å². The van der Waals surface area contributed by atoms with Crippen molar-refractivity contribution < 1.29 is 14.6 Å². The van der Waals surface area contributed by atoms with Crippen LogP contribution >= 0.6 is 0 Å². The third kappa shape index (κ3) is 8.44. The summed E-state index contributed by atoms with van der Waals surface area (Å²) >= 11 is 0. The number of aryl methyl sites for hydroxylation is 1. The second kappa shape index (κ2) is 10.9. The van der Waals surface area contributed by atoms with Gasteiger partial charge in [0.2, 0.25) is 0 Å². The number of unbranched alkanes of at least 4 members (excludes halogenated alkanes) is 2. The van der Waals surface area contributed by atoms with E-state index in [2.05, 4.69) is 26.0 Å². The Morgan fingerprint density at radius 3 is 2.70 bits per heavy atom. The summed E-state index contributed by atoms with van der Waals surface area (Å²) in [5.41, 5.74) is 1.02. The fraction of sp³-hybridized carbons (Fsp3) is 0.550. The molecule has 1 aromatic carbocycles. The highest BCUT2D eigenvalue weighted by molar-refractivity contribution is 5.78. The molecule has 0 saturated heterocycles. The van der Waals surface area contributed by atoms with Crippen LogP contribution in [0.1, 0.15) is 57.9 Å². The largest absolute Gasteiger partial charge is 0.504 e. The Bertz CT molecular complexity index is 504. The van der Waals surface area contributed by atoms with Crippen molar-refractivity contribution in [3.05, 3.63) is 35.9 Å². The summed E-state index contributed by atoms with van der Waals surface area (Å²) in [4.78, 5) is 11.9. The molecule has 0 radical (unpaired) electrons. The van der Waals surface area contributed by atoms with Crippen LogP contribution < -0.4 is 4.74 Å². The number of aromatic hydroxyl groups is 1. The minimum atomic E-state index is 0.132. The number of phenols is 1. The number of phenolic OH excluding ortho intramolecular Hbond substituents is 1. The summed E-state index contributed by atoms with van der Waals surface area (Å²) in [6, 6.07) is 5.24. The van der Waals surface area contributed by atoms with Crippen LogP contribution in [0.5, 0.6) is 11.5 Å². The number of rotatable bonds is 11. The number of ether oxygens (including phenoxy) is 1. The lowest BCUT2D eigenvalue weighted by Gasteiger charge is -2.06. The predicted molar refractivity (Wildman–Crippen MR) is 95.0 cm³/mol. The highest BCUT2D eigenvalue weighted by Crippen LogP contribution is 2.26. The molecule has 3 nitrogen and oxygen atoms in total. The van der Waals surface area contributed by atoms with Crippen LogP contribution in [0.25, 0.3) is 0 Å². The van der Waals surface area contributed by atoms with E-state index in [1.54, 1.807) is 12.1 Å². The average Bonchev–Trinajstić information content (AvgIpc) is 2.52. The van der Waals surface area contributed by atoms with Crippen LogP contribution in [0.3, 0.4) is 0 Å². The number of carbonyl (C=O) groups is 1. The molecule has 1 aromatic rings. The Kier molecular flexibility index (Phi) is 9.11. The zero-order chi connectivity index (χ0) is 17.1. The minimum absolute atomic E-state index is 0.132. The van der Waals surface area contributed by atoms with Gasteiger partial charge in [0.15, 0.2) is 11.5 Å². The van der Waals surface area contributed by atoms with Crippen molar-refractivity contribution in [2.45, 2.75) is 58.8 Å². The second-order valence-electron chi connectivity index (χ2n) is 6.39. The number of allylic oxidation sites excluding steroid dienone is 2. The first-order valence-corrected chi connectivity index (χ1v) is 8.55. The molecule has 128 valence electrons. The minimum Gasteiger partial charge on any atom is -0.504 e. The van der Waals surface area contributed by atoms with Crippen LogP contribution in [0.15, 0.2) is 30.4 Å². The first kappa shape index (κ1) is 19.3. The zero-order valence-electron chi connectivity index (χ0n) is 14.7. The van der Waals surface area contributed by atoms with Crippen molar-refractivity contribution in [2.24, 2.45) is 5.92 Å². The van der Waals surface area contributed by atoms with E-state index in [4.69, 9.17) is 4.74 Å². The van der Waals surface area contributed by atoms with E-state index in [9.17, 15) is 9.90 Å². The Morgan fingerprint density at radius 2 is 2.00 bits per heavy atom. The number of benzene rings is 1. The van der Waals surface area contributed by atoms with Gasteiger partial charge in [-0.05, 0) is 55.7 Å². The van der Waals surface area contributed by atoms with Gasteiger partial charge in [0.1, 0.15) is 5.78 Å². The fourth-order valence-electron chi connectivity index (χ4n) is 2.36. The number of hydrogen-bond donors (Lipinski definition) is 1. The van der Waals surface area contributed by atoms with Crippen molar-refractivity contribution in [1.82, 2.24) is 0 Å². The van der Waals surface area contributed by atoms with Gasteiger partial charge in [0, 0.05) is 12.8 Å². The molecule has 0 fully saturated rings. The summed E-state index contributed by atoms with van der Waals surface area (Å²) in [5.74, 6) is 1.62. The Balaban J connectivity index is 2.18. The molecule has 0 saturated carbocycles. The number of methoxy groups -OCH3 is 1. The molecular weight excluding hydrogens is 288 g/mol. The summed E-state index contributed by atoms with van der Waals surface area (Å²) in [6.45, 7) is 4.43. The highest BCUT2D eigenvalue weighted by Gasteiger charge is 2.06. The molecule has 1 N–H and O–H groups in total. The molecule has 0 heterocycles. The van der Waals surface area contributed by atoms with Crippen molar-refractivity contribution in [3.63, 3.8) is 0 Å². The first-order chi connectivity index (χ1) is 11.0. The standard InChI is InChI=1S/C20H30O3/c1-16(2)9-7-5-4-6-8-10-18(21)13-11-17-12-14-19(22)20(15-17)23-3/h5,7,12,14-16,22H,4,6,8-11,13H2,1-3H3/b7-5+. The maximum absolute atomic E-state index is 11.9. The molecular formula is C20H30O3. The molecule has 0 aliphatic carbocycles. The molecule has 0 spiro atoms. The first-order valence-electron chi connectivity index (χ1n) is 8.55. The molecule has 0 unspecified atom stereocenters. The summed E-state index contributed by atoms with van der Waals surface area (Å²) < 4.78 is 5.08. The maximum atomic E-state index is 11.9. The lowest BCUT2D eigenvalue weighted by atomic mass is 10.0. The van der Waals surface area contributed by atoms with Crippen molar-refractivity contribution in [3.8, 4) is 11.5 Å². The Morgan fingerprint density at radius 1 is 1.22 bits per heavy atom. The van der Waals surface area contributed by atoms with Gasteiger partial charge in [-0.15, -0.1) is 0 Å². The van der Waals surface area contributed by atoms with E-state index in [0.717, 1.165) is 31.2 Å². The third-order valence-corrected chi connectivity index (χ3v) is 3.79. The molecule has 0 amide bonds. The lowest BCUT2D eigenvalue weighted by Crippen LogP contribution is -2.00. The van der Waals surface area contributed by atoms with E-state index in [1.807, 2.05) is 6.07 Å². The number of hydrogen-bond acceptors (Lipinski definition) is 3. The predicted octanol–water partition coefficient (Wildman–Crippen LogP) is 5.07. The van der Waals surface area contributed by atoms with Crippen LogP contribution in [0.2, 0.25) is 0 Å². The molecule has 0 aromatic heterocycles. The molecule has 0 atom stereocenters. The van der Waals surface area contributed by atoms with E-state index in [-0.39, 0.29) is 5.75 Å². The molecule has 23 heavy (non-hydrogen) atoms. The fourth-order valence-corrected chi connectivity index (χ4v) is 2.36. The summed E-state index contributed by atoms with van der Waals surface area (Å²) in [5, 5.41) is 9.55. The van der Waals surface area contributed by atoms with E-state index in [0.29, 0.717) is 36.7 Å². The smallest absolute Gasteiger partial charge is 0.160 e. The Hall–Kier alpha value is -1.77. The lowest BCUT2D eigenvalue weighted by molar-refractivity contribution is -0.119. The van der Waals surface area contributed by atoms with Gasteiger partial charge in [-0.1, -0.05) is 32.1 Å². The van der Waals surface area contributed by atoms with Gasteiger partial charge >= 0.3 is 0 Å². The van der Waals surface area contributed by atoms with E-state index < -0.39 is 0 Å². The number of Topliss-reactive ketones (excluding diaryl/α,β-unsaturated/α-hetero) is 1. The van der Waals surface area contributed by atoms with Gasteiger partial charge in [0.05, 0.1) is 7.11 Å². The molecule has 3 heteroatoms. The number of ketones is 1. The van der Waals surface area contributed by atoms with Gasteiger partial charge < -0.3 is 9.84 Å². The Labute approximate surface area is 140 Å². The van der Waals surface area contributed by atoms with Gasteiger partial charge in [-0.25, -0.2) is 0 Å². The zero-order valence-corrected chi connectivity index (χ0v) is 14.7. The summed E-state index contributed by atoms with van der Waals surface area (Å²) in [7, 11) is 1.53. The quantitative estimate of drug-likeness (QED) is 0.458. The van der Waals surface area contributed by atoms with Gasteiger partial charge in [-0.3, -0.25) is 4.79 Å². The normalized spacial score (nSPS) is 11.3. The van der Waals surface area contributed by atoms with Crippen LogP contribution in [0.4, 0.5) is 0 Å². The van der Waals surface area contributed by atoms with Gasteiger partial charge in [-0.2, -0.15) is 0 Å². The molecule has 0 aliphatic heterocycles. The van der Waals surface area contributed by atoms with Crippen molar-refractivity contribution >= 4 is 5.78 Å². The maximum Gasteiger partial charge on any atom is 0.160 e. The van der Waals surface area contributed by atoms with E-state index >= 15 is 0 Å². The molecule has 1 rings (SSSR count). The molecule has 0 bridgehead atoms. The second-order valence-corrected chi connectivity index (χ2v) is 6.39. The summed E-state index contributed by atoms with van der Waals surface area (Å²) in [6.07, 6.45) is 10.6. The van der Waals surface area contributed by atoms with Crippen molar-refractivity contribution in [1.29, 1.82) is 0 Å².